The summed E-state index contributed by atoms with van der Waals surface area (Å²) in [7, 11) is 0. The van der Waals surface area contributed by atoms with Gasteiger partial charge in [-0.3, -0.25) is 4.79 Å². The van der Waals surface area contributed by atoms with Crippen LogP contribution in [0.15, 0.2) is 24.3 Å². The van der Waals surface area contributed by atoms with E-state index in [2.05, 4.69) is 31.2 Å². The highest BCUT2D eigenvalue weighted by atomic mass is 16.2. The standard InChI is InChI=1S/C13H18N2O/c1-10-2-4-11(5-3-10)9-15-7-6-12(14)8-13(15)16/h2-5,12H,6-9,14H2,1H3. The van der Waals surface area contributed by atoms with Crippen LogP contribution in [-0.2, 0) is 11.3 Å². The maximum absolute atomic E-state index is 11.7. The topological polar surface area (TPSA) is 46.3 Å². The molecule has 1 aliphatic heterocycles. The van der Waals surface area contributed by atoms with Crippen molar-refractivity contribution in [1.82, 2.24) is 4.90 Å². The van der Waals surface area contributed by atoms with Crippen molar-refractivity contribution in [2.75, 3.05) is 6.54 Å². The largest absolute Gasteiger partial charge is 0.338 e. The summed E-state index contributed by atoms with van der Waals surface area (Å²) in [5.41, 5.74) is 8.19. The summed E-state index contributed by atoms with van der Waals surface area (Å²) in [5.74, 6) is 0.180. The van der Waals surface area contributed by atoms with E-state index in [1.165, 1.54) is 11.1 Å². The van der Waals surface area contributed by atoms with Gasteiger partial charge in [-0.2, -0.15) is 0 Å². The van der Waals surface area contributed by atoms with Crippen LogP contribution in [0.2, 0.25) is 0 Å². The number of nitrogens with two attached hydrogens (primary N) is 1. The smallest absolute Gasteiger partial charge is 0.224 e. The number of hydrogen-bond acceptors (Lipinski definition) is 2. The van der Waals surface area contributed by atoms with Crippen molar-refractivity contribution < 1.29 is 4.79 Å². The van der Waals surface area contributed by atoms with Crippen LogP contribution in [0, 0.1) is 6.92 Å². The van der Waals surface area contributed by atoms with Crippen LogP contribution >= 0.6 is 0 Å². The van der Waals surface area contributed by atoms with Crippen LogP contribution in [-0.4, -0.2) is 23.4 Å². The van der Waals surface area contributed by atoms with Crippen LogP contribution < -0.4 is 5.73 Å². The highest BCUT2D eigenvalue weighted by Crippen LogP contribution is 2.14. The SMILES string of the molecule is Cc1ccc(CN2CCC(N)CC2=O)cc1. The quantitative estimate of drug-likeness (QED) is 0.816. The van der Waals surface area contributed by atoms with Crippen molar-refractivity contribution in [3.63, 3.8) is 0 Å². The molecule has 1 fully saturated rings. The third kappa shape index (κ3) is 2.61. The first-order valence-corrected chi connectivity index (χ1v) is 5.74. The van der Waals surface area contributed by atoms with E-state index in [4.69, 9.17) is 5.73 Å². The van der Waals surface area contributed by atoms with Crippen molar-refractivity contribution >= 4 is 5.91 Å². The van der Waals surface area contributed by atoms with E-state index in [0.29, 0.717) is 13.0 Å². The Kier molecular flexibility index (Phi) is 3.25. The highest BCUT2D eigenvalue weighted by molar-refractivity contribution is 5.77. The molecular formula is C13H18N2O. The van der Waals surface area contributed by atoms with Gasteiger partial charge in [-0.05, 0) is 18.9 Å². The fraction of sp³-hybridized carbons (Fsp3) is 0.462. The number of piperidine rings is 1. The third-order valence-electron chi connectivity index (χ3n) is 3.05. The molecule has 0 spiro atoms. The van der Waals surface area contributed by atoms with Crippen molar-refractivity contribution in [3.05, 3.63) is 35.4 Å². The zero-order valence-corrected chi connectivity index (χ0v) is 9.65. The molecule has 0 bridgehead atoms. The molecule has 1 heterocycles. The molecule has 3 heteroatoms. The number of amides is 1. The number of aryl methyl sites for hydroxylation is 1. The van der Waals surface area contributed by atoms with Gasteiger partial charge in [0.25, 0.3) is 0 Å². The lowest BCUT2D eigenvalue weighted by Crippen LogP contribution is -2.43. The average molecular weight is 218 g/mol. The Morgan fingerprint density at radius 1 is 1.38 bits per heavy atom. The minimum Gasteiger partial charge on any atom is -0.338 e. The molecule has 1 aromatic rings. The second kappa shape index (κ2) is 4.66. The van der Waals surface area contributed by atoms with Gasteiger partial charge in [-0.15, -0.1) is 0 Å². The molecule has 2 rings (SSSR count). The third-order valence-corrected chi connectivity index (χ3v) is 3.05. The lowest BCUT2D eigenvalue weighted by molar-refractivity contribution is -0.134. The normalized spacial score (nSPS) is 21.2. The Bertz CT molecular complexity index is 372. The summed E-state index contributed by atoms with van der Waals surface area (Å²) in [6, 6.07) is 8.38. The van der Waals surface area contributed by atoms with Crippen LogP contribution in [0.3, 0.4) is 0 Å². The zero-order chi connectivity index (χ0) is 11.5. The molecule has 86 valence electrons. The molecule has 0 saturated carbocycles. The second-order valence-electron chi connectivity index (χ2n) is 4.55. The van der Waals surface area contributed by atoms with E-state index in [-0.39, 0.29) is 11.9 Å². The fourth-order valence-corrected chi connectivity index (χ4v) is 1.98. The van der Waals surface area contributed by atoms with Gasteiger partial charge < -0.3 is 10.6 Å². The first-order valence-electron chi connectivity index (χ1n) is 5.74. The number of nitrogens with zero attached hydrogens (tertiary/aromatic N) is 1. The van der Waals surface area contributed by atoms with Crippen molar-refractivity contribution in [1.29, 1.82) is 0 Å². The molecule has 0 radical (unpaired) electrons. The molecule has 1 saturated heterocycles. The van der Waals surface area contributed by atoms with E-state index in [0.717, 1.165) is 13.0 Å². The van der Waals surface area contributed by atoms with Gasteiger partial charge in [0.2, 0.25) is 5.91 Å². The van der Waals surface area contributed by atoms with E-state index in [9.17, 15) is 4.79 Å². The van der Waals surface area contributed by atoms with Crippen LogP contribution in [0.25, 0.3) is 0 Å². The maximum Gasteiger partial charge on any atom is 0.224 e. The monoisotopic (exact) mass is 218 g/mol. The first-order chi connectivity index (χ1) is 7.65. The van der Waals surface area contributed by atoms with Crippen molar-refractivity contribution in [2.45, 2.75) is 32.4 Å². The summed E-state index contributed by atoms with van der Waals surface area (Å²) < 4.78 is 0. The Hall–Kier alpha value is -1.35. The van der Waals surface area contributed by atoms with Gasteiger partial charge in [0, 0.05) is 25.6 Å². The van der Waals surface area contributed by atoms with Gasteiger partial charge in [0.15, 0.2) is 0 Å². The van der Waals surface area contributed by atoms with Gasteiger partial charge >= 0.3 is 0 Å². The second-order valence-corrected chi connectivity index (χ2v) is 4.55. The molecule has 1 aliphatic rings. The number of benzene rings is 1. The van der Waals surface area contributed by atoms with E-state index < -0.39 is 0 Å². The zero-order valence-electron chi connectivity index (χ0n) is 9.65. The Morgan fingerprint density at radius 2 is 2.06 bits per heavy atom. The number of carbonyl (C=O) groups is 1. The summed E-state index contributed by atoms with van der Waals surface area (Å²) in [5, 5.41) is 0. The minimum absolute atomic E-state index is 0.0572. The van der Waals surface area contributed by atoms with E-state index >= 15 is 0 Å². The molecule has 1 unspecified atom stereocenters. The Morgan fingerprint density at radius 3 is 2.69 bits per heavy atom. The lowest BCUT2D eigenvalue weighted by Gasteiger charge is -2.30. The number of rotatable bonds is 2. The molecule has 1 atom stereocenters. The molecule has 1 amide bonds. The predicted octanol–water partition coefficient (Wildman–Crippen LogP) is 1.44. The van der Waals surface area contributed by atoms with E-state index in [1.807, 2.05) is 4.90 Å². The number of carbonyl (C=O) groups excluding carboxylic acids is 1. The Balaban J connectivity index is 1.99. The number of hydrogen-bond donors (Lipinski definition) is 1. The van der Waals surface area contributed by atoms with Gasteiger partial charge in [0.05, 0.1) is 0 Å². The molecule has 0 aliphatic carbocycles. The lowest BCUT2D eigenvalue weighted by atomic mass is 10.0. The van der Waals surface area contributed by atoms with Gasteiger partial charge in [0.1, 0.15) is 0 Å². The minimum atomic E-state index is 0.0572. The first kappa shape index (κ1) is 11.1. The highest BCUT2D eigenvalue weighted by Gasteiger charge is 2.22. The van der Waals surface area contributed by atoms with E-state index in [1.54, 1.807) is 0 Å². The average Bonchev–Trinajstić information content (AvgIpc) is 2.25. The van der Waals surface area contributed by atoms with Gasteiger partial charge in [-0.1, -0.05) is 29.8 Å². The van der Waals surface area contributed by atoms with Crippen LogP contribution in [0.4, 0.5) is 0 Å². The number of likely N-dealkylation sites (tertiary alicyclic amines) is 1. The Labute approximate surface area is 96.2 Å². The maximum atomic E-state index is 11.7. The summed E-state index contributed by atoms with van der Waals surface area (Å²) in [6.45, 7) is 3.56. The van der Waals surface area contributed by atoms with Crippen LogP contribution in [0.1, 0.15) is 24.0 Å². The molecule has 16 heavy (non-hydrogen) atoms. The molecule has 2 N–H and O–H groups in total. The molecular weight excluding hydrogens is 200 g/mol. The predicted molar refractivity (Wildman–Crippen MR) is 63.8 cm³/mol. The molecule has 3 nitrogen and oxygen atoms in total. The van der Waals surface area contributed by atoms with Gasteiger partial charge in [-0.25, -0.2) is 0 Å². The summed E-state index contributed by atoms with van der Waals surface area (Å²) >= 11 is 0. The molecule has 1 aromatic carbocycles. The summed E-state index contributed by atoms with van der Waals surface area (Å²) in [6.07, 6.45) is 1.41. The van der Waals surface area contributed by atoms with Crippen LogP contribution in [0.5, 0.6) is 0 Å². The van der Waals surface area contributed by atoms with Crippen molar-refractivity contribution in [3.8, 4) is 0 Å². The fourth-order valence-electron chi connectivity index (χ4n) is 1.98. The summed E-state index contributed by atoms with van der Waals surface area (Å²) in [4.78, 5) is 13.6. The molecule has 0 aromatic heterocycles. The van der Waals surface area contributed by atoms with Crippen molar-refractivity contribution in [2.24, 2.45) is 5.73 Å².